The second kappa shape index (κ2) is 13.9. The topological polar surface area (TPSA) is 184 Å². The molecule has 258 valence electrons. The molecule has 6 N–H and O–H groups in total. The van der Waals surface area contributed by atoms with E-state index < -0.39 is 29.9 Å². The van der Waals surface area contributed by atoms with E-state index in [0.717, 1.165) is 6.20 Å². The Morgan fingerprint density at radius 1 is 1.06 bits per heavy atom. The van der Waals surface area contributed by atoms with E-state index in [1.807, 2.05) is 0 Å². The van der Waals surface area contributed by atoms with Gasteiger partial charge in [-0.1, -0.05) is 17.7 Å². The summed E-state index contributed by atoms with van der Waals surface area (Å²) in [6.07, 6.45) is -2.44. The molecule has 4 aromatic rings. The number of aromatic amines is 2. The lowest BCUT2D eigenvalue weighted by Crippen LogP contribution is -2.55. The van der Waals surface area contributed by atoms with Gasteiger partial charge < -0.3 is 35.8 Å². The molecule has 18 heteroatoms. The van der Waals surface area contributed by atoms with Gasteiger partial charge in [0.05, 0.1) is 57.4 Å². The zero-order valence-electron chi connectivity index (χ0n) is 26.1. The van der Waals surface area contributed by atoms with Gasteiger partial charge in [-0.05, 0) is 42.8 Å². The van der Waals surface area contributed by atoms with Crippen LogP contribution in [0.2, 0.25) is 5.02 Å². The fourth-order valence-electron chi connectivity index (χ4n) is 5.79. The van der Waals surface area contributed by atoms with E-state index in [2.05, 4.69) is 41.1 Å². The highest BCUT2D eigenvalue weighted by Crippen LogP contribution is 2.40. The SMILES string of the molecule is CNc1ccc(-c2[nH]nc(C(F)(F)F)c2-c2cnc(C(=O)NCc3ccc(C(=O)N4CCN(C(=O)[C@H]5NCC[C@@H]5O)CC4)c(Cl)c3)[nH]2)nc1. The molecule has 0 spiro atoms. The van der Waals surface area contributed by atoms with Gasteiger partial charge in [-0.2, -0.15) is 18.3 Å². The summed E-state index contributed by atoms with van der Waals surface area (Å²) in [5.41, 5.74) is 0.0415. The number of imidazole rings is 1. The maximum Gasteiger partial charge on any atom is 0.435 e. The number of H-pyrrole nitrogens is 2. The van der Waals surface area contributed by atoms with E-state index in [4.69, 9.17) is 11.6 Å². The molecule has 2 atom stereocenters. The molecule has 2 aliphatic rings. The Kier molecular flexibility index (Phi) is 9.58. The van der Waals surface area contributed by atoms with Crippen LogP contribution in [0.1, 0.15) is 38.7 Å². The highest BCUT2D eigenvalue weighted by molar-refractivity contribution is 6.33. The number of hydrogen-bond acceptors (Lipinski definition) is 9. The lowest BCUT2D eigenvalue weighted by Gasteiger charge is -2.36. The fourth-order valence-corrected chi connectivity index (χ4v) is 6.08. The number of alkyl halides is 3. The molecule has 0 bridgehead atoms. The highest BCUT2D eigenvalue weighted by Gasteiger charge is 2.40. The lowest BCUT2D eigenvalue weighted by molar-refractivity contribution is -0.140. The number of rotatable bonds is 8. The van der Waals surface area contributed by atoms with Gasteiger partial charge in [0, 0.05) is 39.8 Å². The van der Waals surface area contributed by atoms with Crippen molar-refractivity contribution in [2.45, 2.75) is 31.3 Å². The minimum absolute atomic E-state index is 0.00792. The molecule has 5 heterocycles. The maximum atomic E-state index is 13.9. The number of pyridine rings is 1. The first-order valence-electron chi connectivity index (χ1n) is 15.4. The Bertz CT molecular complexity index is 1850. The van der Waals surface area contributed by atoms with E-state index >= 15 is 0 Å². The Labute approximate surface area is 282 Å². The molecular formula is C31H32ClF3N10O4. The summed E-state index contributed by atoms with van der Waals surface area (Å²) in [5, 5.41) is 24.6. The van der Waals surface area contributed by atoms with Crippen molar-refractivity contribution >= 4 is 35.0 Å². The first kappa shape index (κ1) is 33.9. The summed E-state index contributed by atoms with van der Waals surface area (Å²) >= 11 is 6.46. The van der Waals surface area contributed by atoms with Crippen LogP contribution in [-0.4, -0.2) is 110 Å². The Morgan fingerprint density at radius 2 is 1.82 bits per heavy atom. The van der Waals surface area contributed by atoms with Crippen LogP contribution in [0.25, 0.3) is 22.6 Å². The Morgan fingerprint density at radius 3 is 2.45 bits per heavy atom. The van der Waals surface area contributed by atoms with Crippen molar-refractivity contribution < 1.29 is 32.7 Å². The zero-order valence-corrected chi connectivity index (χ0v) is 26.8. The second-order valence-electron chi connectivity index (χ2n) is 11.5. The van der Waals surface area contributed by atoms with Gasteiger partial charge in [0.1, 0.15) is 6.04 Å². The van der Waals surface area contributed by atoms with E-state index in [0.29, 0.717) is 50.4 Å². The third-order valence-electron chi connectivity index (χ3n) is 8.45. The van der Waals surface area contributed by atoms with Gasteiger partial charge >= 0.3 is 6.18 Å². The van der Waals surface area contributed by atoms with Crippen molar-refractivity contribution in [2.75, 3.05) is 45.1 Å². The molecule has 0 saturated carbocycles. The largest absolute Gasteiger partial charge is 0.435 e. The third-order valence-corrected chi connectivity index (χ3v) is 8.77. The van der Waals surface area contributed by atoms with E-state index in [1.165, 1.54) is 18.3 Å². The summed E-state index contributed by atoms with van der Waals surface area (Å²) in [6.45, 7) is 1.81. The minimum atomic E-state index is -4.81. The Balaban J connectivity index is 1.09. The number of nitrogens with zero attached hydrogens (tertiary/aromatic N) is 5. The molecule has 3 amide bonds. The van der Waals surface area contributed by atoms with Crippen LogP contribution in [-0.2, 0) is 17.5 Å². The number of halogens is 4. The molecule has 14 nitrogen and oxygen atoms in total. The number of benzene rings is 1. The van der Waals surface area contributed by atoms with Crippen molar-refractivity contribution in [3.63, 3.8) is 0 Å². The van der Waals surface area contributed by atoms with Crippen molar-refractivity contribution in [3.05, 3.63) is 70.4 Å². The molecule has 49 heavy (non-hydrogen) atoms. The summed E-state index contributed by atoms with van der Waals surface area (Å²) in [6, 6.07) is 7.25. The molecule has 6 rings (SSSR count). The van der Waals surface area contributed by atoms with E-state index in [-0.39, 0.29) is 57.4 Å². The summed E-state index contributed by atoms with van der Waals surface area (Å²) in [4.78, 5) is 53.0. The monoisotopic (exact) mass is 700 g/mol. The number of nitrogens with one attached hydrogen (secondary N) is 5. The van der Waals surface area contributed by atoms with Crippen LogP contribution in [0.5, 0.6) is 0 Å². The summed E-state index contributed by atoms with van der Waals surface area (Å²) in [7, 11) is 1.68. The van der Waals surface area contributed by atoms with Gasteiger partial charge in [0.2, 0.25) is 5.91 Å². The zero-order chi connectivity index (χ0) is 34.9. The number of carbonyl (C=O) groups is 3. The fraction of sp³-hybridized carbons (Fsp3) is 0.355. The number of anilines is 1. The standard InChI is InChI=1S/C31H32ClF3N10O4/c1-36-17-3-5-20(38-14-17)24-23(26(43-42-24)31(33,34)35)21-15-39-27(41-21)28(47)40-13-16-2-4-18(19(32)12-16)29(48)44-8-10-45(11-9-44)30(49)25-22(46)6-7-37-25/h2-5,12,14-15,22,25,36-37,46H,6-11,13H2,1H3,(H,39,41)(H,40,47)(H,42,43)/t22-,25-/m0/s1. The molecule has 2 aliphatic heterocycles. The van der Waals surface area contributed by atoms with Crippen molar-refractivity contribution in [1.29, 1.82) is 0 Å². The van der Waals surface area contributed by atoms with Crippen LogP contribution in [0, 0.1) is 0 Å². The molecule has 2 saturated heterocycles. The summed E-state index contributed by atoms with van der Waals surface area (Å²) < 4.78 is 41.7. The van der Waals surface area contributed by atoms with Gasteiger partial charge in [-0.3, -0.25) is 24.5 Å². The number of aliphatic hydroxyl groups is 1. The quantitative estimate of drug-likeness (QED) is 0.161. The highest BCUT2D eigenvalue weighted by atomic mass is 35.5. The molecule has 3 aromatic heterocycles. The number of aromatic nitrogens is 5. The van der Waals surface area contributed by atoms with Crippen molar-refractivity contribution in [3.8, 4) is 22.6 Å². The van der Waals surface area contributed by atoms with Crippen LogP contribution >= 0.6 is 11.6 Å². The Hall–Kier alpha value is -5.00. The third kappa shape index (κ3) is 7.09. The predicted octanol–water partition coefficient (Wildman–Crippen LogP) is 2.51. The summed E-state index contributed by atoms with van der Waals surface area (Å²) in [5.74, 6) is -1.41. The molecule has 0 radical (unpaired) electrons. The molecule has 1 aromatic carbocycles. The predicted molar refractivity (Wildman–Crippen MR) is 171 cm³/mol. The number of aliphatic hydroxyl groups excluding tert-OH is 1. The number of piperazine rings is 1. The molecule has 0 aliphatic carbocycles. The first-order chi connectivity index (χ1) is 23.4. The second-order valence-corrected chi connectivity index (χ2v) is 12.0. The van der Waals surface area contributed by atoms with Crippen LogP contribution in [0.3, 0.4) is 0 Å². The van der Waals surface area contributed by atoms with Crippen molar-refractivity contribution in [2.24, 2.45) is 0 Å². The number of hydrogen-bond donors (Lipinski definition) is 6. The molecular weight excluding hydrogens is 669 g/mol. The van der Waals surface area contributed by atoms with E-state index in [9.17, 15) is 32.7 Å². The maximum absolute atomic E-state index is 13.9. The average molecular weight is 701 g/mol. The van der Waals surface area contributed by atoms with Gasteiger partial charge in [0.15, 0.2) is 11.5 Å². The molecule has 2 fully saturated rings. The van der Waals surface area contributed by atoms with Crippen LogP contribution in [0.15, 0.2) is 42.7 Å². The minimum Gasteiger partial charge on any atom is -0.391 e. The smallest absolute Gasteiger partial charge is 0.391 e. The van der Waals surface area contributed by atoms with Crippen molar-refractivity contribution in [1.82, 2.24) is 45.6 Å². The first-order valence-corrected chi connectivity index (χ1v) is 15.7. The normalized spacial score (nSPS) is 18.1. The lowest BCUT2D eigenvalue weighted by atomic mass is 10.1. The van der Waals surface area contributed by atoms with Crippen LogP contribution < -0.4 is 16.0 Å². The number of amides is 3. The average Bonchev–Trinajstić information content (AvgIpc) is 3.86. The van der Waals surface area contributed by atoms with Gasteiger partial charge in [0.25, 0.3) is 11.8 Å². The van der Waals surface area contributed by atoms with E-state index in [1.54, 1.807) is 35.0 Å². The van der Waals surface area contributed by atoms with Gasteiger partial charge in [-0.15, -0.1) is 0 Å². The van der Waals surface area contributed by atoms with Gasteiger partial charge in [-0.25, -0.2) is 4.98 Å². The number of carbonyl (C=O) groups excluding carboxylic acids is 3. The molecule has 0 unspecified atom stereocenters. The van der Waals surface area contributed by atoms with Crippen LogP contribution in [0.4, 0.5) is 18.9 Å².